The number of anilines is 1. The van der Waals surface area contributed by atoms with Gasteiger partial charge < -0.3 is 15.2 Å². The predicted octanol–water partition coefficient (Wildman–Crippen LogP) is 3.86. The fourth-order valence-corrected chi connectivity index (χ4v) is 6.50. The molecule has 0 bridgehead atoms. The second kappa shape index (κ2) is 9.33. The molecule has 4 heterocycles. The highest BCUT2D eigenvalue weighted by Gasteiger charge is 2.41. The standard InChI is InChI=1S/C29H37N5O3/c35-22-6-4-21(5-7-22)34-26-25(15-31-28(32-26)30-14-19-1-2-19)23-8-3-20(13-24(23)27(34)36)16-33-11-9-29(10-12-33)17-37-18-29/h3,8,13,15,19,21-22,35H,1-2,4-7,9-12,14,16-18H2,(H,30,31,32)/t21-,22-. The Balaban J connectivity index is 1.25. The van der Waals surface area contributed by atoms with Crippen LogP contribution in [-0.4, -0.2) is 63.5 Å². The Morgan fingerprint density at radius 3 is 2.51 bits per heavy atom. The number of aliphatic hydroxyl groups excluding tert-OH is 1. The number of fused-ring (bicyclic) bond motifs is 3. The van der Waals surface area contributed by atoms with E-state index < -0.39 is 0 Å². The van der Waals surface area contributed by atoms with Crippen molar-refractivity contribution >= 4 is 27.8 Å². The van der Waals surface area contributed by atoms with Crippen molar-refractivity contribution in [1.29, 1.82) is 0 Å². The van der Waals surface area contributed by atoms with Gasteiger partial charge in [0.15, 0.2) is 0 Å². The lowest BCUT2D eigenvalue weighted by molar-refractivity contribution is -0.140. The van der Waals surface area contributed by atoms with Crippen molar-refractivity contribution in [1.82, 2.24) is 19.4 Å². The van der Waals surface area contributed by atoms with Crippen LogP contribution in [0.5, 0.6) is 0 Å². The number of nitrogens with zero attached hydrogens (tertiary/aromatic N) is 4. The van der Waals surface area contributed by atoms with E-state index in [1.807, 2.05) is 10.8 Å². The van der Waals surface area contributed by atoms with Gasteiger partial charge in [0.25, 0.3) is 5.56 Å². The van der Waals surface area contributed by atoms with Crippen LogP contribution in [0, 0.1) is 11.3 Å². The first-order valence-electron chi connectivity index (χ1n) is 14.1. The van der Waals surface area contributed by atoms with Gasteiger partial charge in [-0.2, -0.15) is 4.98 Å². The predicted molar refractivity (Wildman–Crippen MR) is 144 cm³/mol. The number of ether oxygens (including phenoxy) is 1. The first-order chi connectivity index (χ1) is 18.1. The van der Waals surface area contributed by atoms with Crippen molar-refractivity contribution in [3.63, 3.8) is 0 Å². The molecule has 37 heavy (non-hydrogen) atoms. The van der Waals surface area contributed by atoms with Crippen molar-refractivity contribution in [2.24, 2.45) is 11.3 Å². The molecule has 8 heteroatoms. The molecule has 196 valence electrons. The van der Waals surface area contributed by atoms with Gasteiger partial charge in [0.2, 0.25) is 5.95 Å². The zero-order valence-electron chi connectivity index (χ0n) is 21.5. The van der Waals surface area contributed by atoms with Crippen LogP contribution in [0.2, 0.25) is 0 Å². The third kappa shape index (κ3) is 4.53. The summed E-state index contributed by atoms with van der Waals surface area (Å²) in [6.45, 7) is 5.74. The number of hydrogen-bond acceptors (Lipinski definition) is 7. The van der Waals surface area contributed by atoms with Crippen LogP contribution in [0.15, 0.2) is 29.2 Å². The summed E-state index contributed by atoms with van der Waals surface area (Å²) in [6.07, 6.45) is 9.53. The number of piperidine rings is 1. The molecule has 4 fully saturated rings. The summed E-state index contributed by atoms with van der Waals surface area (Å²) < 4.78 is 7.40. The van der Waals surface area contributed by atoms with Gasteiger partial charge in [0.1, 0.15) is 5.65 Å². The molecule has 2 aliphatic heterocycles. The molecule has 2 aliphatic carbocycles. The molecule has 4 aliphatic rings. The highest BCUT2D eigenvalue weighted by Crippen LogP contribution is 2.39. The van der Waals surface area contributed by atoms with Crippen molar-refractivity contribution < 1.29 is 9.84 Å². The van der Waals surface area contributed by atoms with Gasteiger partial charge in [0, 0.05) is 41.5 Å². The van der Waals surface area contributed by atoms with E-state index in [0.717, 1.165) is 81.2 Å². The molecule has 8 nitrogen and oxygen atoms in total. The van der Waals surface area contributed by atoms with Crippen molar-refractivity contribution in [2.75, 3.05) is 38.2 Å². The van der Waals surface area contributed by atoms with Crippen LogP contribution in [0.1, 0.15) is 63.0 Å². The zero-order chi connectivity index (χ0) is 25.0. The van der Waals surface area contributed by atoms with E-state index in [0.29, 0.717) is 22.9 Å². The maximum Gasteiger partial charge on any atom is 0.260 e. The first-order valence-corrected chi connectivity index (χ1v) is 14.1. The maximum absolute atomic E-state index is 14.1. The third-order valence-corrected chi connectivity index (χ3v) is 9.24. The molecular weight excluding hydrogens is 466 g/mol. The van der Waals surface area contributed by atoms with Crippen LogP contribution in [0.4, 0.5) is 5.95 Å². The molecule has 7 rings (SSSR count). The average molecular weight is 504 g/mol. The molecule has 1 aromatic carbocycles. The minimum atomic E-state index is -0.272. The summed E-state index contributed by atoms with van der Waals surface area (Å²) in [6, 6.07) is 6.40. The van der Waals surface area contributed by atoms with Crippen molar-refractivity contribution in [3.05, 3.63) is 40.3 Å². The van der Waals surface area contributed by atoms with E-state index in [-0.39, 0.29) is 17.7 Å². The lowest BCUT2D eigenvalue weighted by atomic mass is 9.77. The summed E-state index contributed by atoms with van der Waals surface area (Å²) in [5.41, 5.74) is 2.34. The Bertz CT molecular complexity index is 1360. The second-order valence-corrected chi connectivity index (χ2v) is 12.0. The van der Waals surface area contributed by atoms with E-state index >= 15 is 0 Å². The summed E-state index contributed by atoms with van der Waals surface area (Å²) in [5, 5.41) is 16.1. The summed E-state index contributed by atoms with van der Waals surface area (Å²) >= 11 is 0. The quantitative estimate of drug-likeness (QED) is 0.494. The molecular formula is C29H37N5O3. The molecule has 2 saturated carbocycles. The van der Waals surface area contributed by atoms with Crippen LogP contribution >= 0.6 is 0 Å². The number of benzene rings is 1. The fraction of sp³-hybridized carbons (Fsp3) is 0.621. The molecule has 3 aromatic rings. The van der Waals surface area contributed by atoms with Gasteiger partial charge in [-0.05, 0) is 87.4 Å². The van der Waals surface area contributed by atoms with Crippen LogP contribution < -0.4 is 10.9 Å². The molecule has 2 saturated heterocycles. The first kappa shape index (κ1) is 23.6. The SMILES string of the molecule is O=c1c2cc(CN3CCC4(CC3)COC4)ccc2c2cnc(NCC3CC3)nc2n1[C@H]1CC[C@H](O)CC1. The normalized spacial score (nSPS) is 26.0. The lowest BCUT2D eigenvalue weighted by Gasteiger charge is -2.47. The molecule has 1 spiro atoms. The van der Waals surface area contributed by atoms with E-state index in [9.17, 15) is 9.90 Å². The van der Waals surface area contributed by atoms with E-state index in [1.54, 1.807) is 0 Å². The van der Waals surface area contributed by atoms with Crippen LogP contribution in [-0.2, 0) is 11.3 Å². The number of hydrogen-bond donors (Lipinski definition) is 2. The molecule has 0 radical (unpaired) electrons. The molecule has 2 aromatic heterocycles. The molecule has 0 atom stereocenters. The number of rotatable bonds is 6. The minimum Gasteiger partial charge on any atom is -0.393 e. The zero-order valence-corrected chi connectivity index (χ0v) is 21.5. The van der Waals surface area contributed by atoms with Crippen LogP contribution in [0.25, 0.3) is 21.8 Å². The molecule has 0 amide bonds. The number of nitrogens with one attached hydrogen (secondary N) is 1. The van der Waals surface area contributed by atoms with Crippen LogP contribution in [0.3, 0.4) is 0 Å². The number of likely N-dealkylation sites (tertiary alicyclic amines) is 1. The Kier molecular flexibility index (Phi) is 5.94. The molecule has 0 unspecified atom stereocenters. The highest BCUT2D eigenvalue weighted by atomic mass is 16.5. The van der Waals surface area contributed by atoms with E-state index in [2.05, 4.69) is 33.4 Å². The van der Waals surface area contributed by atoms with Crippen molar-refractivity contribution in [2.45, 2.75) is 70.1 Å². The molecule has 2 N–H and O–H groups in total. The number of aliphatic hydroxyl groups is 1. The second-order valence-electron chi connectivity index (χ2n) is 12.0. The van der Waals surface area contributed by atoms with Crippen molar-refractivity contribution in [3.8, 4) is 0 Å². The Morgan fingerprint density at radius 2 is 1.81 bits per heavy atom. The summed E-state index contributed by atoms with van der Waals surface area (Å²) in [7, 11) is 0. The van der Waals surface area contributed by atoms with Gasteiger partial charge in [0.05, 0.1) is 19.3 Å². The number of aromatic nitrogens is 3. The Morgan fingerprint density at radius 1 is 1.03 bits per heavy atom. The topological polar surface area (TPSA) is 92.5 Å². The van der Waals surface area contributed by atoms with E-state index in [1.165, 1.54) is 31.2 Å². The monoisotopic (exact) mass is 503 g/mol. The van der Waals surface area contributed by atoms with Gasteiger partial charge >= 0.3 is 0 Å². The van der Waals surface area contributed by atoms with Gasteiger partial charge in [-0.25, -0.2) is 4.98 Å². The Hall–Kier alpha value is -2.55. The summed E-state index contributed by atoms with van der Waals surface area (Å²) in [4.78, 5) is 26.1. The number of pyridine rings is 1. The largest absolute Gasteiger partial charge is 0.393 e. The summed E-state index contributed by atoms with van der Waals surface area (Å²) in [5.74, 6) is 1.31. The van der Waals surface area contributed by atoms with Gasteiger partial charge in [-0.15, -0.1) is 0 Å². The maximum atomic E-state index is 14.1. The smallest absolute Gasteiger partial charge is 0.260 e. The van der Waals surface area contributed by atoms with Gasteiger partial charge in [-0.3, -0.25) is 14.3 Å². The highest BCUT2D eigenvalue weighted by molar-refractivity contribution is 6.04. The lowest BCUT2D eigenvalue weighted by Crippen LogP contribution is -2.50. The average Bonchev–Trinajstić information content (AvgIpc) is 3.73. The third-order valence-electron chi connectivity index (χ3n) is 9.24. The van der Waals surface area contributed by atoms with Gasteiger partial charge in [-0.1, -0.05) is 12.1 Å². The van der Waals surface area contributed by atoms with E-state index in [4.69, 9.17) is 9.72 Å². The Labute approximate surface area is 217 Å². The fourth-order valence-electron chi connectivity index (χ4n) is 6.50. The minimum absolute atomic E-state index is 0.0294.